The summed E-state index contributed by atoms with van der Waals surface area (Å²) in [6.45, 7) is 3.84. The first-order valence-corrected chi connectivity index (χ1v) is 11.2. The second-order valence-corrected chi connectivity index (χ2v) is 9.49. The first-order valence-electron chi connectivity index (χ1n) is 11.2. The Bertz CT molecular complexity index is 1250. The fourth-order valence-electron chi connectivity index (χ4n) is 6.19. The summed E-state index contributed by atoms with van der Waals surface area (Å²) in [6.07, 6.45) is 0.752. The van der Waals surface area contributed by atoms with Crippen LogP contribution in [0.2, 0.25) is 0 Å². The van der Waals surface area contributed by atoms with E-state index in [0.717, 1.165) is 23.1 Å². The van der Waals surface area contributed by atoms with Crippen LogP contribution in [0.25, 0.3) is 0 Å². The molecule has 3 fully saturated rings. The normalized spacial score (nSPS) is 33.7. The first-order chi connectivity index (χ1) is 15.9. The Kier molecular flexibility index (Phi) is 4.61. The quantitative estimate of drug-likeness (QED) is 0.694. The van der Waals surface area contributed by atoms with Gasteiger partial charge in [-0.2, -0.15) is 15.8 Å². The first kappa shape index (κ1) is 21.2. The van der Waals surface area contributed by atoms with Crippen LogP contribution in [0.5, 0.6) is 0 Å². The lowest BCUT2D eigenvalue weighted by Crippen LogP contribution is -2.61. The SMILES string of the molecule is Cc1ccc(C)c(C2OC34CCC(c5ccccc5)CC3C(C#N)(C(=N)O4)C2(C#N)C#N)c1. The van der Waals surface area contributed by atoms with E-state index in [1.54, 1.807) is 0 Å². The Labute approximate surface area is 193 Å². The predicted molar refractivity (Wildman–Crippen MR) is 120 cm³/mol. The minimum absolute atomic E-state index is 0.127. The number of nitrogens with one attached hydrogen (secondary N) is 1. The molecule has 2 aliphatic heterocycles. The fraction of sp³-hybridized carbons (Fsp3) is 0.407. The molecule has 1 aliphatic carbocycles. The topological polar surface area (TPSA) is 114 Å². The van der Waals surface area contributed by atoms with E-state index < -0.39 is 28.6 Å². The molecule has 0 aromatic heterocycles. The average Bonchev–Trinajstić information content (AvgIpc) is 3.04. The van der Waals surface area contributed by atoms with Gasteiger partial charge in [-0.15, -0.1) is 0 Å². The molecule has 33 heavy (non-hydrogen) atoms. The lowest BCUT2D eigenvalue weighted by Gasteiger charge is -2.53. The third kappa shape index (κ3) is 2.58. The van der Waals surface area contributed by atoms with Crippen LogP contribution in [0, 0.1) is 70.0 Å². The van der Waals surface area contributed by atoms with Crippen molar-refractivity contribution in [3.05, 3.63) is 70.8 Å². The number of rotatable bonds is 2. The number of nitriles is 3. The highest BCUT2D eigenvalue weighted by Crippen LogP contribution is 2.70. The monoisotopic (exact) mass is 436 g/mol. The van der Waals surface area contributed by atoms with Gasteiger partial charge in [0.25, 0.3) is 0 Å². The van der Waals surface area contributed by atoms with E-state index in [1.165, 1.54) is 0 Å². The Hall–Kier alpha value is -3.66. The van der Waals surface area contributed by atoms with Crippen LogP contribution in [0.15, 0.2) is 48.5 Å². The maximum atomic E-state index is 10.6. The van der Waals surface area contributed by atoms with E-state index in [2.05, 4.69) is 30.3 Å². The van der Waals surface area contributed by atoms with Crippen molar-refractivity contribution in [3.8, 4) is 18.2 Å². The summed E-state index contributed by atoms with van der Waals surface area (Å²) in [6, 6.07) is 22.4. The molecule has 1 N–H and O–H groups in total. The third-order valence-electron chi connectivity index (χ3n) is 7.90. The van der Waals surface area contributed by atoms with Gasteiger partial charge in [0.15, 0.2) is 5.41 Å². The van der Waals surface area contributed by atoms with Gasteiger partial charge in [-0.3, -0.25) is 5.41 Å². The van der Waals surface area contributed by atoms with Crippen molar-refractivity contribution in [2.45, 2.75) is 50.9 Å². The van der Waals surface area contributed by atoms with Gasteiger partial charge < -0.3 is 9.47 Å². The zero-order valence-electron chi connectivity index (χ0n) is 18.6. The van der Waals surface area contributed by atoms with Gasteiger partial charge in [0.1, 0.15) is 6.10 Å². The summed E-state index contributed by atoms with van der Waals surface area (Å²) < 4.78 is 12.7. The van der Waals surface area contributed by atoms with E-state index in [0.29, 0.717) is 18.4 Å². The molecule has 0 radical (unpaired) electrons. The molecule has 6 heteroatoms. The number of ether oxygens (including phenoxy) is 2. The average molecular weight is 437 g/mol. The predicted octanol–water partition coefficient (Wildman–Crippen LogP) is 5.21. The summed E-state index contributed by atoms with van der Waals surface area (Å²) in [4.78, 5) is 0. The number of hydrogen-bond acceptors (Lipinski definition) is 6. The number of nitrogens with zero attached hydrogens (tertiary/aromatic N) is 3. The summed E-state index contributed by atoms with van der Waals surface area (Å²) in [5.74, 6) is -1.99. The molecule has 2 aromatic rings. The van der Waals surface area contributed by atoms with Crippen molar-refractivity contribution in [2.75, 3.05) is 0 Å². The Balaban J connectivity index is 1.71. The number of hydrogen-bond donors (Lipinski definition) is 1. The molecule has 164 valence electrons. The van der Waals surface area contributed by atoms with Crippen molar-refractivity contribution in [3.63, 3.8) is 0 Å². The standard InChI is InChI=1S/C27H24N4O2/c1-17-8-9-18(2)21(12-17)23-25(14-28,15-29)26(16-30)22-13-20(19-6-4-3-5-7-19)10-11-27(22,32-23)33-24(26)31/h3-9,12,20,22-23,31H,10-11,13H2,1-2H3. The van der Waals surface area contributed by atoms with Crippen molar-refractivity contribution >= 4 is 5.90 Å². The molecule has 0 spiro atoms. The minimum atomic E-state index is -1.92. The lowest BCUT2D eigenvalue weighted by molar-refractivity contribution is -0.296. The molecular formula is C27H24N4O2. The smallest absolute Gasteiger partial charge is 0.217 e. The summed E-state index contributed by atoms with van der Waals surface area (Å²) in [5, 5.41) is 40.3. The largest absolute Gasteiger partial charge is 0.447 e. The van der Waals surface area contributed by atoms with E-state index in [-0.39, 0.29) is 11.8 Å². The van der Waals surface area contributed by atoms with Crippen LogP contribution >= 0.6 is 0 Å². The Morgan fingerprint density at radius 1 is 1.00 bits per heavy atom. The van der Waals surface area contributed by atoms with Crippen LogP contribution in [-0.2, 0) is 9.47 Å². The van der Waals surface area contributed by atoms with E-state index in [1.807, 2.05) is 50.2 Å². The summed E-state index contributed by atoms with van der Waals surface area (Å²) in [5.41, 5.74) is 0.0311. The fourth-order valence-corrected chi connectivity index (χ4v) is 6.19. The van der Waals surface area contributed by atoms with Crippen molar-refractivity contribution < 1.29 is 9.47 Å². The van der Waals surface area contributed by atoms with Crippen LogP contribution < -0.4 is 0 Å². The maximum absolute atomic E-state index is 10.6. The molecule has 5 atom stereocenters. The molecular weight excluding hydrogens is 412 g/mol. The zero-order chi connectivity index (χ0) is 23.4. The molecule has 2 aromatic carbocycles. The Morgan fingerprint density at radius 3 is 2.39 bits per heavy atom. The van der Waals surface area contributed by atoms with Crippen molar-refractivity contribution in [2.24, 2.45) is 16.7 Å². The minimum Gasteiger partial charge on any atom is -0.447 e. The lowest BCUT2D eigenvalue weighted by atomic mass is 9.50. The summed E-state index contributed by atoms with van der Waals surface area (Å²) >= 11 is 0. The highest BCUT2D eigenvalue weighted by Gasteiger charge is 2.81. The highest BCUT2D eigenvalue weighted by molar-refractivity contribution is 5.89. The van der Waals surface area contributed by atoms with Gasteiger partial charge in [-0.05, 0) is 49.3 Å². The molecule has 5 unspecified atom stereocenters. The van der Waals surface area contributed by atoms with Gasteiger partial charge in [0.05, 0.1) is 24.1 Å². The second kappa shape index (κ2) is 7.17. The molecule has 2 bridgehead atoms. The van der Waals surface area contributed by atoms with E-state index in [9.17, 15) is 15.8 Å². The molecule has 3 aliphatic rings. The molecule has 5 rings (SSSR count). The number of aryl methyl sites for hydroxylation is 2. The van der Waals surface area contributed by atoms with Gasteiger partial charge in [-0.25, -0.2) is 0 Å². The Morgan fingerprint density at radius 2 is 1.73 bits per heavy atom. The molecule has 2 saturated heterocycles. The van der Waals surface area contributed by atoms with Crippen molar-refractivity contribution in [1.82, 2.24) is 0 Å². The maximum Gasteiger partial charge on any atom is 0.217 e. The molecule has 1 saturated carbocycles. The summed E-state index contributed by atoms with van der Waals surface area (Å²) in [7, 11) is 0. The molecule has 6 nitrogen and oxygen atoms in total. The van der Waals surface area contributed by atoms with Gasteiger partial charge in [0, 0.05) is 6.42 Å². The van der Waals surface area contributed by atoms with Crippen molar-refractivity contribution in [1.29, 1.82) is 21.2 Å². The van der Waals surface area contributed by atoms with Gasteiger partial charge in [-0.1, -0.05) is 54.1 Å². The molecule has 0 amide bonds. The van der Waals surface area contributed by atoms with Gasteiger partial charge in [0.2, 0.25) is 17.1 Å². The van der Waals surface area contributed by atoms with Crippen LogP contribution in [0.4, 0.5) is 0 Å². The van der Waals surface area contributed by atoms with Crippen LogP contribution in [0.1, 0.15) is 53.5 Å². The zero-order valence-corrected chi connectivity index (χ0v) is 18.6. The van der Waals surface area contributed by atoms with E-state index >= 15 is 0 Å². The highest BCUT2D eigenvalue weighted by atomic mass is 16.7. The number of benzene rings is 2. The van der Waals surface area contributed by atoms with Crippen LogP contribution in [-0.4, -0.2) is 11.7 Å². The molecule has 2 heterocycles. The van der Waals surface area contributed by atoms with Gasteiger partial charge >= 0.3 is 0 Å². The van der Waals surface area contributed by atoms with E-state index in [4.69, 9.17) is 14.9 Å². The second-order valence-electron chi connectivity index (χ2n) is 9.49. The van der Waals surface area contributed by atoms with Crippen LogP contribution in [0.3, 0.4) is 0 Å². The third-order valence-corrected chi connectivity index (χ3v) is 7.90.